The van der Waals surface area contributed by atoms with Gasteiger partial charge in [0, 0.05) is 17.2 Å². The molecule has 2 aromatic rings. The summed E-state index contributed by atoms with van der Waals surface area (Å²) in [6.45, 7) is 5.77. The number of benzene rings is 1. The molecule has 0 unspecified atom stereocenters. The van der Waals surface area contributed by atoms with Gasteiger partial charge in [-0.3, -0.25) is 4.79 Å². The minimum atomic E-state index is -0.320. The van der Waals surface area contributed by atoms with E-state index in [0.717, 1.165) is 15.8 Å². The summed E-state index contributed by atoms with van der Waals surface area (Å²) < 4.78 is 5.96. The maximum atomic E-state index is 11.9. The Labute approximate surface area is 138 Å². The average Bonchev–Trinajstić information content (AvgIpc) is 2.91. The maximum Gasteiger partial charge on any atom is 0.210 e. The first kappa shape index (κ1) is 16.8. The number of hydrogen-bond acceptors (Lipinski definition) is 7. The first-order chi connectivity index (χ1) is 10.4. The number of thioether (sulfide) groups is 1. The molecule has 0 radical (unpaired) electrons. The SMILES string of the molecule is COc1cccc(Nc2nnc(SCC(=O)C(C)(C)C)s2)c1. The number of nitrogens with zero attached hydrogens (tertiary/aromatic N) is 2. The Morgan fingerprint density at radius 1 is 1.36 bits per heavy atom. The highest BCUT2D eigenvalue weighted by atomic mass is 32.2. The molecule has 0 aliphatic carbocycles. The van der Waals surface area contributed by atoms with E-state index in [-0.39, 0.29) is 11.2 Å². The van der Waals surface area contributed by atoms with Gasteiger partial charge in [0.15, 0.2) is 4.34 Å². The Morgan fingerprint density at radius 2 is 2.14 bits per heavy atom. The van der Waals surface area contributed by atoms with Gasteiger partial charge in [-0.25, -0.2) is 0 Å². The molecule has 0 amide bonds. The number of anilines is 2. The number of Topliss-reactive ketones (excluding diaryl/α,β-unsaturated/α-hetero) is 1. The van der Waals surface area contributed by atoms with Crippen molar-refractivity contribution in [2.45, 2.75) is 25.1 Å². The first-order valence-corrected chi connectivity index (χ1v) is 8.59. The standard InChI is InChI=1S/C15H19N3O2S2/c1-15(2,3)12(19)9-21-14-18-17-13(22-14)16-10-6-5-7-11(8-10)20-4/h5-8H,9H2,1-4H3,(H,16,17). The van der Waals surface area contributed by atoms with E-state index in [1.807, 2.05) is 45.0 Å². The second-order valence-electron chi connectivity index (χ2n) is 5.69. The van der Waals surface area contributed by atoms with Crippen molar-refractivity contribution >= 4 is 39.7 Å². The van der Waals surface area contributed by atoms with E-state index in [1.165, 1.54) is 23.1 Å². The Hall–Kier alpha value is -1.60. The van der Waals surface area contributed by atoms with E-state index in [4.69, 9.17) is 4.74 Å². The average molecular weight is 337 g/mol. The van der Waals surface area contributed by atoms with Crippen LogP contribution < -0.4 is 10.1 Å². The lowest BCUT2D eigenvalue weighted by atomic mass is 9.92. The molecule has 0 bridgehead atoms. The van der Waals surface area contributed by atoms with Crippen LogP contribution in [0.4, 0.5) is 10.8 Å². The molecule has 0 aliphatic heterocycles. The van der Waals surface area contributed by atoms with E-state index in [0.29, 0.717) is 10.9 Å². The molecule has 1 heterocycles. The van der Waals surface area contributed by atoms with E-state index in [9.17, 15) is 4.79 Å². The molecule has 2 rings (SSSR count). The van der Waals surface area contributed by atoms with Crippen LogP contribution in [-0.4, -0.2) is 28.8 Å². The van der Waals surface area contributed by atoms with Crippen molar-refractivity contribution in [3.63, 3.8) is 0 Å². The van der Waals surface area contributed by atoms with E-state index >= 15 is 0 Å². The Balaban J connectivity index is 1.95. The Morgan fingerprint density at radius 3 is 2.82 bits per heavy atom. The van der Waals surface area contributed by atoms with Crippen molar-refractivity contribution in [3.8, 4) is 5.75 Å². The van der Waals surface area contributed by atoms with Gasteiger partial charge in [-0.2, -0.15) is 0 Å². The molecule has 0 saturated heterocycles. The van der Waals surface area contributed by atoms with Crippen LogP contribution in [0.1, 0.15) is 20.8 Å². The molecule has 1 aromatic carbocycles. The predicted octanol–water partition coefficient (Wildman–Crippen LogP) is 4.00. The van der Waals surface area contributed by atoms with Crippen LogP contribution in [0.2, 0.25) is 0 Å². The molecule has 22 heavy (non-hydrogen) atoms. The molecule has 118 valence electrons. The van der Waals surface area contributed by atoms with Crippen molar-refractivity contribution in [2.24, 2.45) is 5.41 Å². The fourth-order valence-corrected chi connectivity index (χ4v) is 3.42. The molecule has 0 saturated carbocycles. The van der Waals surface area contributed by atoms with Gasteiger partial charge in [0.2, 0.25) is 5.13 Å². The number of aromatic nitrogens is 2. The molecule has 1 aromatic heterocycles. The lowest BCUT2D eigenvalue weighted by molar-refractivity contribution is -0.123. The maximum absolute atomic E-state index is 11.9. The summed E-state index contributed by atoms with van der Waals surface area (Å²) >= 11 is 2.86. The lowest BCUT2D eigenvalue weighted by Gasteiger charge is -2.15. The Kier molecular flexibility index (Phi) is 5.42. The highest BCUT2D eigenvalue weighted by Crippen LogP contribution is 2.30. The molecule has 0 atom stereocenters. The first-order valence-electron chi connectivity index (χ1n) is 6.79. The summed E-state index contributed by atoms with van der Waals surface area (Å²) in [7, 11) is 1.63. The number of carbonyl (C=O) groups excluding carboxylic acids is 1. The molecular weight excluding hydrogens is 318 g/mol. The van der Waals surface area contributed by atoms with E-state index in [2.05, 4.69) is 15.5 Å². The van der Waals surface area contributed by atoms with Gasteiger partial charge in [0.25, 0.3) is 0 Å². The van der Waals surface area contributed by atoms with Crippen LogP contribution in [0, 0.1) is 5.41 Å². The topological polar surface area (TPSA) is 64.1 Å². The minimum Gasteiger partial charge on any atom is -0.497 e. The Bertz CT molecular complexity index is 650. The number of methoxy groups -OCH3 is 1. The highest BCUT2D eigenvalue weighted by molar-refractivity contribution is 8.01. The summed E-state index contributed by atoms with van der Waals surface area (Å²) in [5.74, 6) is 1.40. The normalized spacial score (nSPS) is 11.3. The monoisotopic (exact) mass is 337 g/mol. The number of nitrogens with one attached hydrogen (secondary N) is 1. The van der Waals surface area contributed by atoms with Gasteiger partial charge >= 0.3 is 0 Å². The molecule has 1 N–H and O–H groups in total. The van der Waals surface area contributed by atoms with Gasteiger partial charge in [-0.05, 0) is 12.1 Å². The van der Waals surface area contributed by atoms with Gasteiger partial charge in [-0.15, -0.1) is 10.2 Å². The summed E-state index contributed by atoms with van der Waals surface area (Å²) in [5, 5.41) is 12.1. The summed E-state index contributed by atoms with van der Waals surface area (Å²) in [6.07, 6.45) is 0. The van der Waals surface area contributed by atoms with Gasteiger partial charge in [-0.1, -0.05) is 49.9 Å². The third-order valence-corrected chi connectivity index (χ3v) is 4.86. The largest absolute Gasteiger partial charge is 0.497 e. The van der Waals surface area contributed by atoms with Crippen LogP contribution in [-0.2, 0) is 4.79 Å². The summed E-state index contributed by atoms with van der Waals surface area (Å²) in [6, 6.07) is 7.60. The van der Waals surface area contributed by atoms with Crippen LogP contribution in [0.5, 0.6) is 5.75 Å². The number of ketones is 1. The molecule has 5 nitrogen and oxygen atoms in total. The van der Waals surface area contributed by atoms with E-state index < -0.39 is 0 Å². The van der Waals surface area contributed by atoms with Crippen LogP contribution in [0.15, 0.2) is 28.6 Å². The highest BCUT2D eigenvalue weighted by Gasteiger charge is 2.21. The number of rotatable bonds is 6. The molecule has 0 aliphatic rings. The second-order valence-corrected chi connectivity index (χ2v) is 7.89. The third kappa shape index (κ3) is 4.71. The zero-order valence-electron chi connectivity index (χ0n) is 13.0. The number of carbonyl (C=O) groups is 1. The van der Waals surface area contributed by atoms with Crippen LogP contribution >= 0.6 is 23.1 Å². The molecular formula is C15H19N3O2S2. The van der Waals surface area contributed by atoms with Crippen molar-refractivity contribution in [3.05, 3.63) is 24.3 Å². The van der Waals surface area contributed by atoms with Crippen molar-refractivity contribution in [2.75, 3.05) is 18.2 Å². The van der Waals surface area contributed by atoms with Gasteiger partial charge < -0.3 is 10.1 Å². The molecule has 7 heteroatoms. The van der Waals surface area contributed by atoms with Crippen molar-refractivity contribution in [1.29, 1.82) is 0 Å². The number of hydrogen-bond donors (Lipinski definition) is 1. The quantitative estimate of drug-likeness (QED) is 0.804. The van der Waals surface area contributed by atoms with E-state index in [1.54, 1.807) is 7.11 Å². The molecule has 0 spiro atoms. The van der Waals surface area contributed by atoms with Crippen LogP contribution in [0.25, 0.3) is 0 Å². The summed E-state index contributed by atoms with van der Waals surface area (Å²) in [4.78, 5) is 11.9. The fraction of sp³-hybridized carbons (Fsp3) is 0.400. The van der Waals surface area contributed by atoms with Gasteiger partial charge in [0.1, 0.15) is 11.5 Å². The van der Waals surface area contributed by atoms with Crippen molar-refractivity contribution in [1.82, 2.24) is 10.2 Å². The second kappa shape index (κ2) is 7.11. The minimum absolute atomic E-state index is 0.204. The lowest BCUT2D eigenvalue weighted by Crippen LogP contribution is -2.21. The van der Waals surface area contributed by atoms with Crippen LogP contribution in [0.3, 0.4) is 0 Å². The zero-order valence-corrected chi connectivity index (χ0v) is 14.7. The van der Waals surface area contributed by atoms with Gasteiger partial charge in [0.05, 0.1) is 12.9 Å². The van der Waals surface area contributed by atoms with Crippen molar-refractivity contribution < 1.29 is 9.53 Å². The smallest absolute Gasteiger partial charge is 0.210 e. The third-order valence-electron chi connectivity index (χ3n) is 2.89. The summed E-state index contributed by atoms with van der Waals surface area (Å²) in [5.41, 5.74) is 0.567. The molecule has 0 fully saturated rings. The fourth-order valence-electron chi connectivity index (χ4n) is 1.49. The zero-order chi connectivity index (χ0) is 16.2. The predicted molar refractivity (Wildman–Crippen MR) is 91.4 cm³/mol. The number of ether oxygens (including phenoxy) is 1.